The highest BCUT2D eigenvalue weighted by Gasteiger charge is 2.23. The van der Waals surface area contributed by atoms with Gasteiger partial charge in [-0.3, -0.25) is 0 Å². The van der Waals surface area contributed by atoms with E-state index in [4.69, 9.17) is 11.6 Å². The Morgan fingerprint density at radius 2 is 1.95 bits per heavy atom. The zero-order chi connectivity index (χ0) is 13.5. The first kappa shape index (κ1) is 12.7. The van der Waals surface area contributed by atoms with E-state index in [0.717, 1.165) is 4.34 Å². The molecule has 0 fully saturated rings. The zero-order valence-electron chi connectivity index (χ0n) is 11.4. The molecular formula is C17H18ClNS. The Morgan fingerprint density at radius 1 is 1.05 bits per heavy atom. The van der Waals surface area contributed by atoms with Gasteiger partial charge in [0.1, 0.15) is 0 Å². The minimum Gasteiger partial charge on any atom is -0.378 e. The fourth-order valence-corrected chi connectivity index (χ4v) is 4.92. The third-order valence-electron chi connectivity index (χ3n) is 4.52. The van der Waals surface area contributed by atoms with Crippen molar-refractivity contribution in [2.24, 2.45) is 0 Å². The Labute approximate surface area is 129 Å². The lowest BCUT2D eigenvalue weighted by Gasteiger charge is -2.25. The van der Waals surface area contributed by atoms with Crippen molar-refractivity contribution in [3.05, 3.63) is 50.2 Å². The molecule has 0 amide bonds. The van der Waals surface area contributed by atoms with E-state index in [1.54, 1.807) is 16.9 Å². The topological polar surface area (TPSA) is 12.0 Å². The van der Waals surface area contributed by atoms with Gasteiger partial charge in [-0.25, -0.2) is 0 Å². The molecule has 1 aromatic heterocycles. The average Bonchev–Trinajstić information content (AvgIpc) is 3.04. The summed E-state index contributed by atoms with van der Waals surface area (Å²) in [7, 11) is 0. The summed E-state index contributed by atoms with van der Waals surface area (Å²) in [5, 5.41) is 3.73. The summed E-state index contributed by atoms with van der Waals surface area (Å²) < 4.78 is 0.928. The predicted octanol–water partition coefficient (Wildman–Crippen LogP) is 5.38. The van der Waals surface area contributed by atoms with Crippen LogP contribution in [0.15, 0.2) is 24.3 Å². The van der Waals surface area contributed by atoms with Crippen LogP contribution in [-0.2, 0) is 19.3 Å². The minimum atomic E-state index is 0.432. The molecule has 1 N–H and O–H groups in total. The molecule has 1 nitrogen and oxygen atoms in total. The van der Waals surface area contributed by atoms with Crippen molar-refractivity contribution >= 4 is 28.6 Å². The number of thiophene rings is 1. The van der Waals surface area contributed by atoms with E-state index in [1.807, 2.05) is 0 Å². The van der Waals surface area contributed by atoms with Crippen LogP contribution < -0.4 is 5.32 Å². The summed E-state index contributed by atoms with van der Waals surface area (Å²) in [4.78, 5) is 1.47. The molecule has 0 radical (unpaired) electrons. The summed E-state index contributed by atoms with van der Waals surface area (Å²) >= 11 is 7.94. The molecule has 4 rings (SSSR count). The first-order chi connectivity index (χ1) is 9.79. The smallest absolute Gasteiger partial charge is 0.0934 e. The van der Waals surface area contributed by atoms with Crippen molar-refractivity contribution in [1.29, 1.82) is 0 Å². The van der Waals surface area contributed by atoms with Crippen LogP contribution in [0.2, 0.25) is 4.34 Å². The summed E-state index contributed by atoms with van der Waals surface area (Å²) in [6.07, 6.45) is 7.46. The van der Waals surface area contributed by atoms with E-state index in [-0.39, 0.29) is 0 Å². The van der Waals surface area contributed by atoms with Crippen LogP contribution in [0, 0.1) is 0 Å². The number of halogens is 1. The molecule has 0 aliphatic heterocycles. The molecule has 2 aromatic rings. The Morgan fingerprint density at radius 3 is 2.90 bits per heavy atom. The number of anilines is 1. The van der Waals surface area contributed by atoms with Gasteiger partial charge in [-0.1, -0.05) is 17.7 Å². The lowest BCUT2D eigenvalue weighted by atomic mass is 9.93. The predicted molar refractivity (Wildman–Crippen MR) is 87.1 cm³/mol. The van der Waals surface area contributed by atoms with E-state index < -0.39 is 0 Å². The maximum absolute atomic E-state index is 6.19. The second kappa shape index (κ2) is 5.09. The maximum atomic E-state index is 6.19. The normalized spacial score (nSPS) is 20.6. The molecule has 3 heteroatoms. The van der Waals surface area contributed by atoms with Gasteiger partial charge in [-0.15, -0.1) is 11.3 Å². The number of rotatable bonds is 2. The highest BCUT2D eigenvalue weighted by molar-refractivity contribution is 7.16. The number of aryl methyl sites for hydroxylation is 3. The van der Waals surface area contributed by atoms with Gasteiger partial charge in [0.25, 0.3) is 0 Å². The Balaban J connectivity index is 1.60. The van der Waals surface area contributed by atoms with Crippen molar-refractivity contribution < 1.29 is 0 Å². The van der Waals surface area contributed by atoms with Crippen LogP contribution in [0.1, 0.15) is 46.9 Å². The van der Waals surface area contributed by atoms with Crippen LogP contribution >= 0.6 is 22.9 Å². The molecule has 0 spiro atoms. The standard InChI is InChI=1S/C17H18ClNS/c18-17-10-14-15(5-2-6-16(14)20-17)19-13-8-7-11-3-1-4-12(11)9-13/h7-10,15,19H,1-6H2. The molecule has 2 aliphatic rings. The molecule has 0 saturated carbocycles. The molecule has 2 aliphatic carbocycles. The van der Waals surface area contributed by atoms with Crippen molar-refractivity contribution in [3.63, 3.8) is 0 Å². The van der Waals surface area contributed by atoms with Gasteiger partial charge in [-0.05, 0) is 73.4 Å². The molecule has 0 saturated heterocycles. The Kier molecular flexibility index (Phi) is 3.24. The molecule has 104 valence electrons. The summed E-state index contributed by atoms with van der Waals surface area (Å²) in [5.74, 6) is 0. The first-order valence-corrected chi connectivity index (χ1v) is 8.65. The van der Waals surface area contributed by atoms with Crippen LogP contribution in [0.3, 0.4) is 0 Å². The summed E-state index contributed by atoms with van der Waals surface area (Å²) in [5.41, 5.74) is 5.77. The molecule has 1 heterocycles. The number of hydrogen-bond acceptors (Lipinski definition) is 2. The molecule has 20 heavy (non-hydrogen) atoms. The maximum Gasteiger partial charge on any atom is 0.0934 e. The third kappa shape index (κ3) is 2.25. The zero-order valence-corrected chi connectivity index (χ0v) is 13.0. The summed E-state index contributed by atoms with van der Waals surface area (Å²) in [6, 6.07) is 9.49. The molecular weight excluding hydrogens is 286 g/mol. The van der Waals surface area contributed by atoms with Gasteiger partial charge >= 0.3 is 0 Å². The van der Waals surface area contributed by atoms with Gasteiger partial charge in [0.05, 0.1) is 10.4 Å². The summed E-state index contributed by atoms with van der Waals surface area (Å²) in [6.45, 7) is 0. The quantitative estimate of drug-likeness (QED) is 0.785. The Hall–Kier alpha value is -0.990. The number of fused-ring (bicyclic) bond motifs is 2. The number of nitrogens with one attached hydrogen (secondary N) is 1. The monoisotopic (exact) mass is 303 g/mol. The minimum absolute atomic E-state index is 0.432. The van der Waals surface area contributed by atoms with Crippen LogP contribution in [0.25, 0.3) is 0 Å². The largest absolute Gasteiger partial charge is 0.378 e. The average molecular weight is 304 g/mol. The highest BCUT2D eigenvalue weighted by atomic mass is 35.5. The van der Waals surface area contributed by atoms with Crippen molar-refractivity contribution in [1.82, 2.24) is 0 Å². The van der Waals surface area contributed by atoms with Gasteiger partial charge in [0, 0.05) is 10.6 Å². The second-order valence-corrected chi connectivity index (χ2v) is 7.62. The molecule has 1 aromatic carbocycles. The van der Waals surface area contributed by atoms with E-state index >= 15 is 0 Å². The van der Waals surface area contributed by atoms with Crippen molar-refractivity contribution in [3.8, 4) is 0 Å². The van der Waals surface area contributed by atoms with Gasteiger partial charge < -0.3 is 5.32 Å². The van der Waals surface area contributed by atoms with E-state index in [2.05, 4.69) is 29.6 Å². The number of benzene rings is 1. The van der Waals surface area contributed by atoms with Gasteiger partial charge in [-0.2, -0.15) is 0 Å². The van der Waals surface area contributed by atoms with Crippen LogP contribution in [0.5, 0.6) is 0 Å². The highest BCUT2D eigenvalue weighted by Crippen LogP contribution is 2.39. The molecule has 0 bridgehead atoms. The molecule has 1 unspecified atom stereocenters. The van der Waals surface area contributed by atoms with Gasteiger partial charge in [0.15, 0.2) is 0 Å². The van der Waals surface area contributed by atoms with E-state index in [1.165, 1.54) is 60.2 Å². The number of hydrogen-bond donors (Lipinski definition) is 1. The van der Waals surface area contributed by atoms with Crippen molar-refractivity contribution in [2.45, 2.75) is 44.6 Å². The fourth-order valence-electron chi connectivity index (χ4n) is 3.53. The van der Waals surface area contributed by atoms with E-state index in [9.17, 15) is 0 Å². The van der Waals surface area contributed by atoms with Crippen molar-refractivity contribution in [2.75, 3.05) is 5.32 Å². The fraction of sp³-hybridized carbons (Fsp3) is 0.412. The second-order valence-electron chi connectivity index (χ2n) is 5.86. The van der Waals surface area contributed by atoms with E-state index in [0.29, 0.717) is 6.04 Å². The molecule has 1 atom stereocenters. The third-order valence-corrected chi connectivity index (χ3v) is 5.86. The van der Waals surface area contributed by atoms with Gasteiger partial charge in [0.2, 0.25) is 0 Å². The lowest BCUT2D eigenvalue weighted by Crippen LogP contribution is -2.15. The SMILES string of the molecule is Clc1cc2c(s1)CCCC2Nc1ccc2c(c1)CCC2. The van der Waals surface area contributed by atoms with Crippen LogP contribution in [-0.4, -0.2) is 0 Å². The Bertz CT molecular complexity index is 646. The first-order valence-electron chi connectivity index (χ1n) is 7.46. The van der Waals surface area contributed by atoms with Crippen LogP contribution in [0.4, 0.5) is 5.69 Å². The lowest BCUT2D eigenvalue weighted by molar-refractivity contribution is 0.609.